The largest absolute Gasteiger partial charge is 0.0654 e. The van der Waals surface area contributed by atoms with Crippen molar-refractivity contribution in [2.75, 3.05) is 0 Å². The summed E-state index contributed by atoms with van der Waals surface area (Å²) in [5.41, 5.74) is 2.73. The van der Waals surface area contributed by atoms with Gasteiger partial charge in [0.1, 0.15) is 0 Å². The maximum atomic E-state index is 2.27. The third-order valence-corrected chi connectivity index (χ3v) is 3.82. The molecule has 0 saturated heterocycles. The van der Waals surface area contributed by atoms with Crippen LogP contribution >= 0.6 is 0 Å². The standard InChI is InChI=1S/C16H14.C4H10/c1-11-7-15-9-13-5-3-4-6-14(13)10-16(15)8-12(11)2;1-3-4-2/h3-10H,1-2H3;3-4H2,1-2H3. The van der Waals surface area contributed by atoms with Crippen LogP contribution in [0.15, 0.2) is 48.5 Å². The number of unbranched alkanes of at least 4 members (excludes halogenated alkanes) is 1. The number of rotatable bonds is 1. The zero-order valence-electron chi connectivity index (χ0n) is 13.0. The van der Waals surface area contributed by atoms with Gasteiger partial charge in [0.05, 0.1) is 0 Å². The lowest BCUT2D eigenvalue weighted by molar-refractivity contribution is 0.886. The summed E-state index contributed by atoms with van der Waals surface area (Å²) in [6.45, 7) is 8.70. The molecule has 3 aromatic carbocycles. The van der Waals surface area contributed by atoms with Crippen LogP contribution in [0.4, 0.5) is 0 Å². The van der Waals surface area contributed by atoms with Crippen LogP contribution < -0.4 is 0 Å². The first-order chi connectivity index (χ1) is 9.65. The van der Waals surface area contributed by atoms with Crippen LogP contribution in [-0.4, -0.2) is 0 Å². The highest BCUT2D eigenvalue weighted by Crippen LogP contribution is 2.25. The van der Waals surface area contributed by atoms with Crippen LogP contribution in [0, 0.1) is 13.8 Å². The molecule has 0 saturated carbocycles. The molecule has 20 heavy (non-hydrogen) atoms. The lowest BCUT2D eigenvalue weighted by atomic mass is 9.99. The smallest absolute Gasteiger partial charge is 0.0175 e. The fourth-order valence-corrected chi connectivity index (χ4v) is 2.22. The minimum atomic E-state index is 1.32. The second-order valence-corrected chi connectivity index (χ2v) is 5.48. The summed E-state index contributed by atoms with van der Waals surface area (Å²) in [5.74, 6) is 0. The van der Waals surface area contributed by atoms with Gasteiger partial charge in [-0.25, -0.2) is 0 Å². The van der Waals surface area contributed by atoms with E-state index in [1.165, 1.54) is 45.5 Å². The van der Waals surface area contributed by atoms with Crippen molar-refractivity contribution in [2.45, 2.75) is 40.5 Å². The van der Waals surface area contributed by atoms with Gasteiger partial charge in [-0.2, -0.15) is 0 Å². The van der Waals surface area contributed by atoms with Crippen molar-refractivity contribution in [3.63, 3.8) is 0 Å². The maximum Gasteiger partial charge on any atom is -0.0175 e. The molecule has 0 unspecified atom stereocenters. The highest BCUT2D eigenvalue weighted by Gasteiger charge is 2.00. The Hall–Kier alpha value is -1.82. The molecule has 3 rings (SSSR count). The van der Waals surface area contributed by atoms with E-state index in [1.54, 1.807) is 0 Å². The lowest BCUT2D eigenvalue weighted by Crippen LogP contribution is -1.82. The van der Waals surface area contributed by atoms with Crippen molar-refractivity contribution in [3.8, 4) is 0 Å². The van der Waals surface area contributed by atoms with Crippen molar-refractivity contribution in [1.29, 1.82) is 0 Å². The highest BCUT2D eigenvalue weighted by atomic mass is 14.0. The molecular weight excluding hydrogens is 240 g/mol. The molecule has 0 heterocycles. The summed E-state index contributed by atoms with van der Waals surface area (Å²) >= 11 is 0. The molecular formula is C20H24. The molecule has 104 valence electrons. The topological polar surface area (TPSA) is 0 Å². The first kappa shape index (κ1) is 14.6. The molecule has 0 amide bonds. The van der Waals surface area contributed by atoms with Crippen LogP contribution in [0.3, 0.4) is 0 Å². The van der Waals surface area contributed by atoms with Crippen LogP contribution in [0.2, 0.25) is 0 Å². The van der Waals surface area contributed by atoms with Gasteiger partial charge in [0.2, 0.25) is 0 Å². The third kappa shape index (κ3) is 3.19. The lowest BCUT2D eigenvalue weighted by Gasteiger charge is -2.06. The average Bonchev–Trinajstić information content (AvgIpc) is 2.47. The van der Waals surface area contributed by atoms with Crippen LogP contribution in [0.1, 0.15) is 37.8 Å². The summed E-state index contributed by atoms with van der Waals surface area (Å²) in [4.78, 5) is 0. The van der Waals surface area contributed by atoms with Crippen molar-refractivity contribution in [1.82, 2.24) is 0 Å². The van der Waals surface area contributed by atoms with Gasteiger partial charge in [0, 0.05) is 0 Å². The monoisotopic (exact) mass is 264 g/mol. The zero-order valence-corrected chi connectivity index (χ0v) is 13.0. The normalized spacial score (nSPS) is 10.4. The molecule has 0 bridgehead atoms. The molecule has 0 heteroatoms. The van der Waals surface area contributed by atoms with Gasteiger partial charge in [-0.3, -0.25) is 0 Å². The van der Waals surface area contributed by atoms with Gasteiger partial charge in [-0.15, -0.1) is 0 Å². The Bertz CT molecular complexity index is 646. The van der Waals surface area contributed by atoms with Crippen LogP contribution in [0.25, 0.3) is 21.5 Å². The molecule has 0 aliphatic rings. The minimum Gasteiger partial charge on any atom is -0.0654 e. The van der Waals surface area contributed by atoms with E-state index < -0.39 is 0 Å². The summed E-state index contributed by atoms with van der Waals surface area (Å²) in [6.07, 6.45) is 2.64. The number of benzene rings is 3. The minimum absolute atomic E-state index is 1.32. The van der Waals surface area contributed by atoms with Gasteiger partial charge >= 0.3 is 0 Å². The van der Waals surface area contributed by atoms with E-state index in [-0.39, 0.29) is 0 Å². The fraction of sp³-hybridized carbons (Fsp3) is 0.300. The molecule has 0 radical (unpaired) electrons. The molecule has 0 N–H and O–H groups in total. The van der Waals surface area contributed by atoms with Gasteiger partial charge in [0.25, 0.3) is 0 Å². The molecule has 0 aliphatic carbocycles. The van der Waals surface area contributed by atoms with E-state index in [0.29, 0.717) is 0 Å². The molecule has 3 aromatic rings. The van der Waals surface area contributed by atoms with E-state index in [0.717, 1.165) is 0 Å². The van der Waals surface area contributed by atoms with E-state index in [9.17, 15) is 0 Å². The van der Waals surface area contributed by atoms with Gasteiger partial charge in [-0.1, -0.05) is 63.1 Å². The molecule has 0 fully saturated rings. The number of hydrogen-bond acceptors (Lipinski definition) is 0. The quantitative estimate of drug-likeness (QED) is 0.445. The van der Waals surface area contributed by atoms with Crippen LogP contribution in [-0.2, 0) is 0 Å². The SMILES string of the molecule is CCCC.Cc1cc2cc3ccccc3cc2cc1C. The van der Waals surface area contributed by atoms with E-state index in [1.807, 2.05) is 0 Å². The first-order valence-corrected chi connectivity index (χ1v) is 7.55. The Morgan fingerprint density at radius 1 is 0.600 bits per heavy atom. The van der Waals surface area contributed by atoms with Crippen molar-refractivity contribution >= 4 is 21.5 Å². The Morgan fingerprint density at radius 3 is 1.35 bits per heavy atom. The average molecular weight is 264 g/mol. The summed E-state index contributed by atoms with van der Waals surface area (Å²) in [5, 5.41) is 5.31. The Balaban J connectivity index is 0.000000328. The van der Waals surface area contributed by atoms with Gasteiger partial charge < -0.3 is 0 Å². The van der Waals surface area contributed by atoms with Crippen molar-refractivity contribution in [3.05, 3.63) is 59.7 Å². The van der Waals surface area contributed by atoms with Gasteiger partial charge in [-0.05, 0) is 58.7 Å². The Kier molecular flexibility index (Phi) is 4.79. The van der Waals surface area contributed by atoms with Crippen molar-refractivity contribution in [2.24, 2.45) is 0 Å². The second-order valence-electron chi connectivity index (χ2n) is 5.48. The van der Waals surface area contributed by atoms with E-state index >= 15 is 0 Å². The molecule has 0 spiro atoms. The van der Waals surface area contributed by atoms with Crippen LogP contribution in [0.5, 0.6) is 0 Å². The highest BCUT2D eigenvalue weighted by molar-refractivity contribution is 5.98. The van der Waals surface area contributed by atoms with E-state index in [4.69, 9.17) is 0 Å². The molecule has 0 nitrogen and oxygen atoms in total. The predicted octanol–water partition coefficient (Wildman–Crippen LogP) is 6.42. The third-order valence-electron chi connectivity index (χ3n) is 3.82. The Labute approximate surface area is 122 Å². The first-order valence-electron chi connectivity index (χ1n) is 7.55. The summed E-state index contributed by atoms with van der Waals surface area (Å²) < 4.78 is 0. The van der Waals surface area contributed by atoms with Gasteiger partial charge in [0.15, 0.2) is 0 Å². The molecule has 0 aliphatic heterocycles. The molecule has 0 aromatic heterocycles. The fourth-order valence-electron chi connectivity index (χ4n) is 2.22. The molecule has 0 atom stereocenters. The number of hydrogen-bond donors (Lipinski definition) is 0. The zero-order chi connectivity index (χ0) is 14.5. The predicted molar refractivity (Wildman–Crippen MR) is 91.5 cm³/mol. The Morgan fingerprint density at radius 2 is 1.00 bits per heavy atom. The number of fused-ring (bicyclic) bond motifs is 2. The van der Waals surface area contributed by atoms with Crippen molar-refractivity contribution < 1.29 is 0 Å². The summed E-state index contributed by atoms with van der Waals surface area (Å²) in [6, 6.07) is 17.6. The van der Waals surface area contributed by atoms with E-state index in [2.05, 4.69) is 76.2 Å². The second kappa shape index (κ2) is 6.56. The summed E-state index contributed by atoms with van der Waals surface area (Å²) in [7, 11) is 0. The maximum absolute atomic E-state index is 2.27. The number of aryl methyl sites for hydroxylation is 2.